The Morgan fingerprint density at radius 1 is 0.962 bits per heavy atom. The zero-order valence-corrected chi connectivity index (χ0v) is 15.6. The standard InChI is InChI=1S/C21H27N5/c1-14(2)21(25-23)15(3)16-5-7-17(8-6-16)18-9-11-19(12-10-18)20(22)13-26(4)24/h5-13,25H,1,22-24H2,2-4H3/b20-13-,21-15+. The van der Waals surface area contributed by atoms with Crippen LogP contribution in [0.2, 0.25) is 0 Å². The van der Waals surface area contributed by atoms with Gasteiger partial charge >= 0.3 is 0 Å². The Labute approximate surface area is 155 Å². The molecule has 26 heavy (non-hydrogen) atoms. The van der Waals surface area contributed by atoms with E-state index in [0.717, 1.165) is 39.1 Å². The molecule has 5 nitrogen and oxygen atoms in total. The van der Waals surface area contributed by atoms with Crippen LogP contribution in [0.5, 0.6) is 0 Å². The Hall–Kier alpha value is -3.02. The van der Waals surface area contributed by atoms with Crippen LogP contribution in [0.15, 0.2) is 72.6 Å². The predicted octanol–water partition coefficient (Wildman–Crippen LogP) is 3.19. The van der Waals surface area contributed by atoms with Gasteiger partial charge in [0, 0.05) is 13.2 Å². The van der Waals surface area contributed by atoms with Crippen molar-refractivity contribution in [2.24, 2.45) is 17.4 Å². The fourth-order valence-electron chi connectivity index (χ4n) is 2.76. The van der Waals surface area contributed by atoms with Crippen LogP contribution in [0.3, 0.4) is 0 Å². The average molecular weight is 349 g/mol. The number of benzene rings is 2. The minimum absolute atomic E-state index is 0.624. The molecule has 0 fully saturated rings. The number of allylic oxidation sites excluding steroid dienone is 2. The van der Waals surface area contributed by atoms with Crippen molar-refractivity contribution in [1.29, 1.82) is 0 Å². The summed E-state index contributed by atoms with van der Waals surface area (Å²) in [5.41, 5.74) is 16.5. The molecule has 0 heterocycles. The van der Waals surface area contributed by atoms with Crippen LogP contribution < -0.4 is 22.8 Å². The summed E-state index contributed by atoms with van der Waals surface area (Å²) in [6, 6.07) is 16.4. The zero-order chi connectivity index (χ0) is 19.3. The smallest absolute Gasteiger partial charge is 0.0564 e. The number of hydrogen-bond donors (Lipinski definition) is 4. The molecule has 7 N–H and O–H groups in total. The Kier molecular flexibility index (Phi) is 6.22. The quantitative estimate of drug-likeness (QED) is 0.365. The van der Waals surface area contributed by atoms with Gasteiger partial charge in [0.25, 0.3) is 0 Å². The van der Waals surface area contributed by atoms with Crippen molar-refractivity contribution in [3.63, 3.8) is 0 Å². The third-order valence-electron chi connectivity index (χ3n) is 4.16. The number of nitrogens with zero attached hydrogens (tertiary/aromatic N) is 1. The minimum atomic E-state index is 0.624. The summed E-state index contributed by atoms with van der Waals surface area (Å²) in [5, 5.41) is 1.44. The van der Waals surface area contributed by atoms with Crippen molar-refractivity contribution in [2.75, 3.05) is 7.05 Å². The second-order valence-electron chi connectivity index (χ2n) is 6.33. The number of hydrazine groups is 2. The van der Waals surface area contributed by atoms with Gasteiger partial charge in [-0.3, -0.25) is 5.84 Å². The molecule has 0 unspecified atom stereocenters. The van der Waals surface area contributed by atoms with E-state index < -0.39 is 0 Å². The molecular formula is C21H27N5. The van der Waals surface area contributed by atoms with Crippen LogP contribution in [0.4, 0.5) is 0 Å². The van der Waals surface area contributed by atoms with Gasteiger partial charge in [0.05, 0.1) is 11.4 Å². The van der Waals surface area contributed by atoms with Gasteiger partial charge in [-0.2, -0.15) is 0 Å². The summed E-state index contributed by atoms with van der Waals surface area (Å²) in [5.74, 6) is 11.2. The lowest BCUT2D eigenvalue weighted by molar-refractivity contribution is 0.486. The molecule has 136 valence electrons. The van der Waals surface area contributed by atoms with Crippen molar-refractivity contribution < 1.29 is 0 Å². The van der Waals surface area contributed by atoms with E-state index in [1.54, 1.807) is 13.2 Å². The van der Waals surface area contributed by atoms with Crippen LogP contribution >= 0.6 is 0 Å². The van der Waals surface area contributed by atoms with Crippen molar-refractivity contribution in [2.45, 2.75) is 13.8 Å². The number of rotatable bonds is 6. The molecular weight excluding hydrogens is 322 g/mol. The SMILES string of the molecule is C=C(C)/C(NN)=C(/C)c1ccc(-c2ccc(/C(N)=C/N(C)N)cc2)cc1. The van der Waals surface area contributed by atoms with Gasteiger partial charge in [-0.1, -0.05) is 55.1 Å². The predicted molar refractivity (Wildman–Crippen MR) is 111 cm³/mol. The van der Waals surface area contributed by atoms with E-state index in [-0.39, 0.29) is 0 Å². The van der Waals surface area contributed by atoms with Crippen molar-refractivity contribution >= 4 is 11.3 Å². The normalized spacial score (nSPS) is 12.4. The highest BCUT2D eigenvalue weighted by Crippen LogP contribution is 2.25. The van der Waals surface area contributed by atoms with Crippen molar-refractivity contribution in [3.8, 4) is 11.1 Å². The first-order valence-electron chi connectivity index (χ1n) is 8.33. The molecule has 0 saturated heterocycles. The number of nitrogens with one attached hydrogen (secondary N) is 1. The Morgan fingerprint density at radius 2 is 1.42 bits per heavy atom. The first kappa shape index (κ1) is 19.3. The first-order valence-corrected chi connectivity index (χ1v) is 8.33. The van der Waals surface area contributed by atoms with E-state index in [9.17, 15) is 0 Å². The summed E-state index contributed by atoms with van der Waals surface area (Å²) in [6.07, 6.45) is 1.68. The molecule has 0 bridgehead atoms. The van der Waals surface area contributed by atoms with Gasteiger partial charge < -0.3 is 16.2 Å². The second-order valence-corrected chi connectivity index (χ2v) is 6.33. The average Bonchev–Trinajstić information content (AvgIpc) is 2.61. The van der Waals surface area contributed by atoms with Gasteiger partial charge in [0.2, 0.25) is 0 Å². The Bertz CT molecular complexity index is 828. The molecule has 0 aromatic heterocycles. The maximum Gasteiger partial charge on any atom is 0.0564 e. The molecule has 0 amide bonds. The van der Waals surface area contributed by atoms with Gasteiger partial charge in [-0.05, 0) is 47.2 Å². The molecule has 0 atom stereocenters. The summed E-state index contributed by atoms with van der Waals surface area (Å²) in [6.45, 7) is 7.91. The maximum atomic E-state index is 6.01. The first-order chi connectivity index (χ1) is 12.3. The second kappa shape index (κ2) is 8.38. The molecule has 0 aliphatic carbocycles. The highest BCUT2D eigenvalue weighted by molar-refractivity contribution is 5.74. The number of hydrogen-bond acceptors (Lipinski definition) is 5. The van der Waals surface area contributed by atoms with E-state index in [1.807, 2.05) is 38.1 Å². The van der Waals surface area contributed by atoms with E-state index in [0.29, 0.717) is 5.70 Å². The highest BCUT2D eigenvalue weighted by atomic mass is 15.4. The van der Waals surface area contributed by atoms with E-state index in [4.69, 9.17) is 17.4 Å². The summed E-state index contributed by atoms with van der Waals surface area (Å²) in [7, 11) is 1.73. The third kappa shape index (κ3) is 4.53. The molecule has 0 aliphatic rings. The lowest BCUT2D eigenvalue weighted by Crippen LogP contribution is -2.22. The van der Waals surface area contributed by atoms with E-state index >= 15 is 0 Å². The monoisotopic (exact) mass is 349 g/mol. The Morgan fingerprint density at radius 3 is 1.81 bits per heavy atom. The fourth-order valence-corrected chi connectivity index (χ4v) is 2.76. The molecule has 0 radical (unpaired) electrons. The maximum absolute atomic E-state index is 6.01. The Balaban J connectivity index is 2.28. The minimum Gasteiger partial charge on any atom is -0.397 e. The zero-order valence-electron chi connectivity index (χ0n) is 15.6. The topological polar surface area (TPSA) is 93.3 Å². The van der Waals surface area contributed by atoms with Gasteiger partial charge in [-0.25, -0.2) is 5.84 Å². The van der Waals surface area contributed by atoms with Crippen LogP contribution in [0.1, 0.15) is 25.0 Å². The molecule has 2 aromatic carbocycles. The van der Waals surface area contributed by atoms with Crippen LogP contribution in [-0.4, -0.2) is 12.1 Å². The fraction of sp³-hybridized carbons (Fsp3) is 0.143. The van der Waals surface area contributed by atoms with Crippen molar-refractivity contribution in [3.05, 3.63) is 83.7 Å². The molecule has 0 saturated carbocycles. The molecule has 0 spiro atoms. The van der Waals surface area contributed by atoms with Crippen LogP contribution in [-0.2, 0) is 0 Å². The van der Waals surface area contributed by atoms with Gasteiger partial charge in [-0.15, -0.1) is 0 Å². The number of nitrogens with two attached hydrogens (primary N) is 3. The van der Waals surface area contributed by atoms with E-state index in [2.05, 4.69) is 36.3 Å². The lowest BCUT2D eigenvalue weighted by atomic mass is 9.98. The van der Waals surface area contributed by atoms with Crippen LogP contribution in [0, 0.1) is 0 Å². The van der Waals surface area contributed by atoms with Gasteiger partial charge in [0.15, 0.2) is 0 Å². The molecule has 0 aliphatic heterocycles. The summed E-state index contributed by atoms with van der Waals surface area (Å²) >= 11 is 0. The lowest BCUT2D eigenvalue weighted by Gasteiger charge is -2.12. The molecule has 5 heteroatoms. The molecule has 2 aromatic rings. The van der Waals surface area contributed by atoms with Gasteiger partial charge in [0.1, 0.15) is 0 Å². The molecule has 2 rings (SSSR count). The highest BCUT2D eigenvalue weighted by Gasteiger charge is 2.06. The summed E-state index contributed by atoms with van der Waals surface area (Å²) in [4.78, 5) is 0. The van der Waals surface area contributed by atoms with Crippen LogP contribution in [0.25, 0.3) is 22.4 Å². The van der Waals surface area contributed by atoms with Crippen molar-refractivity contribution in [1.82, 2.24) is 10.4 Å². The van der Waals surface area contributed by atoms with E-state index in [1.165, 1.54) is 5.01 Å². The summed E-state index contributed by atoms with van der Waals surface area (Å²) < 4.78 is 0. The largest absolute Gasteiger partial charge is 0.397 e. The third-order valence-corrected chi connectivity index (χ3v) is 4.16.